The summed E-state index contributed by atoms with van der Waals surface area (Å²) >= 11 is 3.20. The van der Waals surface area contributed by atoms with Gasteiger partial charge in [-0.1, -0.05) is 6.07 Å². The van der Waals surface area contributed by atoms with E-state index in [9.17, 15) is 17.6 Å². The lowest BCUT2D eigenvalue weighted by Gasteiger charge is -2.31. The molecule has 2 aromatic carbocycles. The summed E-state index contributed by atoms with van der Waals surface area (Å²) in [4.78, 5) is 14.7. The molecule has 3 rings (SSSR count). The molecule has 0 bridgehead atoms. The highest BCUT2D eigenvalue weighted by Gasteiger charge is 2.25. The second-order valence-electron chi connectivity index (χ2n) is 6.86. The van der Waals surface area contributed by atoms with Crippen molar-refractivity contribution in [2.24, 2.45) is 11.1 Å². The van der Waals surface area contributed by atoms with E-state index >= 15 is 0 Å². The predicted octanol–water partition coefficient (Wildman–Crippen LogP) is 3.09. The number of amides is 1. The molecule has 1 aliphatic heterocycles. The maximum absolute atomic E-state index is 13.3. The third-order valence-corrected chi connectivity index (χ3v) is 6.34. The maximum atomic E-state index is 13.3. The Balaban J connectivity index is 1.51. The fourth-order valence-corrected chi connectivity index (χ4v) is 4.16. The van der Waals surface area contributed by atoms with Gasteiger partial charge in [0.15, 0.2) is 0 Å². The molecule has 0 unspecified atom stereocenters. The zero-order valence-electron chi connectivity index (χ0n) is 15.1. The molecule has 3 N–H and O–H groups in total. The number of carbonyl (C=O) groups is 1. The van der Waals surface area contributed by atoms with Crippen molar-refractivity contribution in [2.45, 2.75) is 24.3 Å². The molecule has 0 atom stereocenters. The number of piperidine rings is 1. The predicted molar refractivity (Wildman–Crippen MR) is 109 cm³/mol. The zero-order chi connectivity index (χ0) is 20.3. The number of hydrogen-bond donors (Lipinski definition) is 2. The van der Waals surface area contributed by atoms with E-state index < -0.39 is 10.0 Å². The number of rotatable bonds is 5. The van der Waals surface area contributed by atoms with Crippen LogP contribution >= 0.6 is 15.9 Å². The molecule has 150 valence electrons. The van der Waals surface area contributed by atoms with E-state index in [1.807, 2.05) is 0 Å². The van der Waals surface area contributed by atoms with Gasteiger partial charge in [0, 0.05) is 18.2 Å². The van der Waals surface area contributed by atoms with Crippen LogP contribution in [0.4, 0.5) is 10.1 Å². The normalized spacial score (nSPS) is 16.1. The molecule has 6 nitrogen and oxygen atoms in total. The van der Waals surface area contributed by atoms with Gasteiger partial charge in [0.2, 0.25) is 15.9 Å². The van der Waals surface area contributed by atoms with Crippen LogP contribution in [0.5, 0.6) is 0 Å². The van der Waals surface area contributed by atoms with Gasteiger partial charge in [-0.05, 0) is 83.8 Å². The van der Waals surface area contributed by atoms with Crippen molar-refractivity contribution in [3.05, 3.63) is 58.3 Å². The van der Waals surface area contributed by atoms with Crippen LogP contribution in [-0.4, -0.2) is 32.3 Å². The number of nitrogens with two attached hydrogens (primary N) is 1. The van der Waals surface area contributed by atoms with Gasteiger partial charge < -0.3 is 5.32 Å². The minimum absolute atomic E-state index is 0.00578. The quantitative estimate of drug-likeness (QED) is 0.703. The van der Waals surface area contributed by atoms with Crippen molar-refractivity contribution in [3.63, 3.8) is 0 Å². The molecular weight excluding hydrogens is 449 g/mol. The van der Waals surface area contributed by atoms with E-state index in [1.165, 1.54) is 30.3 Å². The van der Waals surface area contributed by atoms with Crippen LogP contribution < -0.4 is 10.5 Å². The smallest absolute Gasteiger partial charge is 0.238 e. The van der Waals surface area contributed by atoms with Crippen LogP contribution in [0.25, 0.3) is 0 Å². The van der Waals surface area contributed by atoms with Crippen molar-refractivity contribution >= 4 is 37.5 Å². The van der Waals surface area contributed by atoms with Gasteiger partial charge in [0.1, 0.15) is 5.82 Å². The van der Waals surface area contributed by atoms with Crippen molar-refractivity contribution in [1.29, 1.82) is 0 Å². The minimum atomic E-state index is -3.75. The van der Waals surface area contributed by atoms with E-state index in [0.29, 0.717) is 16.7 Å². The lowest BCUT2D eigenvalue weighted by atomic mass is 9.95. The Labute approximate surface area is 172 Å². The number of primary sulfonamides is 1. The Morgan fingerprint density at radius 1 is 1.18 bits per heavy atom. The summed E-state index contributed by atoms with van der Waals surface area (Å²) in [5.74, 6) is -0.460. The number of sulfonamides is 1. The lowest BCUT2D eigenvalue weighted by molar-refractivity contribution is -0.121. The van der Waals surface area contributed by atoms with Gasteiger partial charge >= 0.3 is 0 Å². The van der Waals surface area contributed by atoms with Gasteiger partial charge in [-0.25, -0.2) is 17.9 Å². The van der Waals surface area contributed by atoms with Crippen LogP contribution in [0.2, 0.25) is 0 Å². The summed E-state index contributed by atoms with van der Waals surface area (Å²) in [6, 6.07) is 10.8. The Morgan fingerprint density at radius 3 is 2.39 bits per heavy atom. The summed E-state index contributed by atoms with van der Waals surface area (Å²) in [7, 11) is -3.75. The number of likely N-dealkylation sites (tertiary alicyclic amines) is 1. The molecule has 1 heterocycles. The van der Waals surface area contributed by atoms with Gasteiger partial charge in [-0.15, -0.1) is 0 Å². The molecule has 1 amide bonds. The summed E-state index contributed by atoms with van der Waals surface area (Å²) < 4.78 is 36.3. The van der Waals surface area contributed by atoms with Crippen molar-refractivity contribution < 1.29 is 17.6 Å². The van der Waals surface area contributed by atoms with E-state index in [1.54, 1.807) is 12.1 Å². The summed E-state index contributed by atoms with van der Waals surface area (Å²) in [6.45, 7) is 2.26. The first-order valence-electron chi connectivity index (χ1n) is 8.82. The molecule has 0 aliphatic carbocycles. The first-order valence-corrected chi connectivity index (χ1v) is 11.2. The highest BCUT2D eigenvalue weighted by atomic mass is 79.9. The van der Waals surface area contributed by atoms with Crippen LogP contribution in [0, 0.1) is 11.7 Å². The topological polar surface area (TPSA) is 92.5 Å². The molecule has 0 aromatic heterocycles. The molecule has 28 heavy (non-hydrogen) atoms. The van der Waals surface area contributed by atoms with E-state index in [4.69, 9.17) is 5.14 Å². The average molecular weight is 470 g/mol. The highest BCUT2D eigenvalue weighted by Crippen LogP contribution is 2.23. The second kappa shape index (κ2) is 8.69. The van der Waals surface area contributed by atoms with Crippen LogP contribution in [-0.2, 0) is 21.4 Å². The Morgan fingerprint density at radius 2 is 1.82 bits per heavy atom. The second-order valence-corrected chi connectivity index (χ2v) is 9.27. The molecule has 2 aromatic rings. The van der Waals surface area contributed by atoms with Crippen molar-refractivity contribution in [3.8, 4) is 0 Å². The largest absolute Gasteiger partial charge is 0.326 e. The third kappa shape index (κ3) is 5.38. The third-order valence-electron chi connectivity index (χ3n) is 4.80. The van der Waals surface area contributed by atoms with E-state index in [2.05, 4.69) is 26.1 Å². The molecule has 0 saturated carbocycles. The first kappa shape index (κ1) is 20.9. The average Bonchev–Trinajstić information content (AvgIpc) is 2.65. The van der Waals surface area contributed by atoms with Crippen LogP contribution in [0.3, 0.4) is 0 Å². The molecule has 1 saturated heterocycles. The van der Waals surface area contributed by atoms with Crippen LogP contribution in [0.15, 0.2) is 51.8 Å². The molecule has 0 radical (unpaired) electrons. The number of carbonyl (C=O) groups excluding carboxylic acids is 1. The molecule has 9 heteroatoms. The van der Waals surface area contributed by atoms with Crippen molar-refractivity contribution in [1.82, 2.24) is 4.90 Å². The molecule has 0 spiro atoms. The van der Waals surface area contributed by atoms with Gasteiger partial charge in [-0.3, -0.25) is 9.69 Å². The molecule has 1 aliphatic rings. The maximum Gasteiger partial charge on any atom is 0.238 e. The van der Waals surface area contributed by atoms with Gasteiger partial charge in [-0.2, -0.15) is 0 Å². The summed E-state index contributed by atoms with van der Waals surface area (Å²) in [6.07, 6.45) is 1.45. The Hall–Kier alpha value is -1.81. The van der Waals surface area contributed by atoms with Crippen LogP contribution in [0.1, 0.15) is 18.4 Å². The molecule has 1 fully saturated rings. The fraction of sp³-hybridized carbons (Fsp3) is 0.316. The minimum Gasteiger partial charge on any atom is -0.326 e. The number of nitrogens with one attached hydrogen (secondary N) is 1. The number of halogens is 2. The van der Waals surface area contributed by atoms with Crippen molar-refractivity contribution in [2.75, 3.05) is 18.4 Å². The first-order chi connectivity index (χ1) is 13.2. The summed E-state index contributed by atoms with van der Waals surface area (Å²) in [5.41, 5.74) is 1.56. The van der Waals surface area contributed by atoms with E-state index in [0.717, 1.165) is 31.5 Å². The van der Waals surface area contributed by atoms with Gasteiger partial charge in [0.05, 0.1) is 9.37 Å². The number of benzene rings is 2. The Bertz CT molecular complexity index is 959. The number of anilines is 1. The number of nitrogens with zero attached hydrogens (tertiary/aromatic N) is 1. The molecular formula is C19H21BrFN3O3S. The van der Waals surface area contributed by atoms with E-state index in [-0.39, 0.29) is 22.5 Å². The lowest BCUT2D eigenvalue weighted by Crippen LogP contribution is -2.37. The Kier molecular flexibility index (Phi) is 6.49. The monoisotopic (exact) mass is 469 g/mol. The van der Waals surface area contributed by atoms with Gasteiger partial charge in [0.25, 0.3) is 0 Å². The zero-order valence-corrected chi connectivity index (χ0v) is 17.5. The fourth-order valence-electron chi connectivity index (χ4n) is 3.22. The standard InChI is InChI=1S/C19H21BrFN3O3S/c20-17-11-13(1-6-18(17)21)12-24-9-7-14(8-10-24)19(25)23-15-2-4-16(5-3-15)28(22,26)27/h1-6,11,14H,7-10,12H2,(H,23,25)(H2,22,26,27). The highest BCUT2D eigenvalue weighted by molar-refractivity contribution is 9.10. The SMILES string of the molecule is NS(=O)(=O)c1ccc(NC(=O)C2CCN(Cc3ccc(F)c(Br)c3)CC2)cc1. The summed E-state index contributed by atoms with van der Waals surface area (Å²) in [5, 5.41) is 7.90. The number of hydrogen-bond acceptors (Lipinski definition) is 4.